The van der Waals surface area contributed by atoms with Gasteiger partial charge in [-0.15, -0.1) is 0 Å². The van der Waals surface area contributed by atoms with Crippen LogP contribution in [0.3, 0.4) is 0 Å². The van der Waals surface area contributed by atoms with Crippen molar-refractivity contribution in [2.24, 2.45) is 7.05 Å². The molecule has 90 valence electrons. The van der Waals surface area contributed by atoms with Crippen molar-refractivity contribution in [2.75, 3.05) is 5.73 Å². The van der Waals surface area contributed by atoms with Crippen molar-refractivity contribution in [3.05, 3.63) is 35.0 Å². The van der Waals surface area contributed by atoms with E-state index >= 15 is 0 Å². The minimum atomic E-state index is 0.723. The van der Waals surface area contributed by atoms with Crippen LogP contribution < -0.4 is 5.73 Å². The molecule has 2 N–H and O–H groups in total. The van der Waals surface area contributed by atoms with E-state index in [-0.39, 0.29) is 0 Å². The highest BCUT2D eigenvalue weighted by Gasteiger charge is 2.12. The highest BCUT2D eigenvalue weighted by atomic mass is 15.3. The maximum Gasteiger partial charge on any atom is 0.129 e. The van der Waals surface area contributed by atoms with E-state index in [0.29, 0.717) is 0 Å². The molecule has 0 unspecified atom stereocenters. The normalized spacial score (nSPS) is 10.8. The molecule has 1 aromatic carbocycles. The van der Waals surface area contributed by atoms with E-state index in [1.807, 2.05) is 13.2 Å². The van der Waals surface area contributed by atoms with Crippen LogP contribution in [0.15, 0.2) is 18.3 Å². The summed E-state index contributed by atoms with van der Waals surface area (Å²) in [4.78, 5) is 0. The minimum Gasteiger partial charge on any atom is -0.383 e. The molecular weight excluding hydrogens is 210 g/mol. The maximum atomic E-state index is 6.05. The Balaban J connectivity index is 2.66. The molecule has 0 amide bonds. The van der Waals surface area contributed by atoms with Crippen LogP contribution in [0, 0.1) is 13.8 Å². The molecule has 2 rings (SSSR count). The lowest BCUT2D eigenvalue weighted by Gasteiger charge is -2.11. The fourth-order valence-corrected chi connectivity index (χ4v) is 2.07. The highest BCUT2D eigenvalue weighted by molar-refractivity contribution is 5.77. The number of rotatable bonds is 2. The Morgan fingerprint density at radius 3 is 2.47 bits per heavy atom. The van der Waals surface area contributed by atoms with Gasteiger partial charge in [0.2, 0.25) is 0 Å². The standard InChI is InChI=1S/C14H19N3/c1-5-11-6-9(2)10(3)12(7-11)13-8-16-17(4)14(13)15/h6-8H,5,15H2,1-4H3. The summed E-state index contributed by atoms with van der Waals surface area (Å²) in [6.45, 7) is 6.45. The van der Waals surface area contributed by atoms with Gasteiger partial charge in [-0.1, -0.05) is 19.1 Å². The summed E-state index contributed by atoms with van der Waals surface area (Å²) in [7, 11) is 1.87. The Morgan fingerprint density at radius 2 is 1.94 bits per heavy atom. The van der Waals surface area contributed by atoms with E-state index in [0.717, 1.165) is 17.8 Å². The number of aromatic nitrogens is 2. The molecule has 0 saturated heterocycles. The summed E-state index contributed by atoms with van der Waals surface area (Å²) < 4.78 is 1.71. The molecule has 0 spiro atoms. The van der Waals surface area contributed by atoms with Gasteiger partial charge in [0.15, 0.2) is 0 Å². The molecule has 0 radical (unpaired) electrons. The number of nitrogens with zero attached hydrogens (tertiary/aromatic N) is 2. The van der Waals surface area contributed by atoms with Crippen LogP contribution in [0.4, 0.5) is 5.82 Å². The zero-order valence-electron chi connectivity index (χ0n) is 10.9. The zero-order chi connectivity index (χ0) is 12.6. The first-order valence-corrected chi connectivity index (χ1v) is 5.92. The highest BCUT2D eigenvalue weighted by Crippen LogP contribution is 2.31. The summed E-state index contributed by atoms with van der Waals surface area (Å²) in [5.41, 5.74) is 12.2. The summed E-state index contributed by atoms with van der Waals surface area (Å²) >= 11 is 0. The van der Waals surface area contributed by atoms with E-state index in [4.69, 9.17) is 5.73 Å². The molecule has 17 heavy (non-hydrogen) atoms. The number of nitrogens with two attached hydrogens (primary N) is 1. The van der Waals surface area contributed by atoms with E-state index in [1.54, 1.807) is 4.68 Å². The first-order valence-electron chi connectivity index (χ1n) is 5.92. The molecule has 0 bridgehead atoms. The summed E-state index contributed by atoms with van der Waals surface area (Å²) in [5, 5.41) is 4.21. The van der Waals surface area contributed by atoms with Gasteiger partial charge in [0.25, 0.3) is 0 Å². The molecule has 0 aliphatic heterocycles. The Kier molecular flexibility index (Phi) is 2.92. The zero-order valence-corrected chi connectivity index (χ0v) is 10.9. The van der Waals surface area contributed by atoms with Gasteiger partial charge in [-0.3, -0.25) is 4.68 Å². The van der Waals surface area contributed by atoms with Gasteiger partial charge in [-0.25, -0.2) is 0 Å². The van der Waals surface area contributed by atoms with Gasteiger partial charge in [0.1, 0.15) is 5.82 Å². The van der Waals surface area contributed by atoms with Gasteiger partial charge >= 0.3 is 0 Å². The van der Waals surface area contributed by atoms with Crippen LogP contribution in [-0.2, 0) is 13.5 Å². The fourth-order valence-electron chi connectivity index (χ4n) is 2.07. The molecule has 0 aliphatic carbocycles. The molecule has 0 atom stereocenters. The Bertz CT molecular complexity index is 553. The molecule has 3 heteroatoms. The van der Waals surface area contributed by atoms with Gasteiger partial charge in [0.05, 0.1) is 6.20 Å². The molecule has 0 aliphatic rings. The second kappa shape index (κ2) is 4.24. The lowest BCUT2D eigenvalue weighted by Crippen LogP contribution is -1.99. The molecule has 2 aromatic rings. The van der Waals surface area contributed by atoms with Gasteiger partial charge < -0.3 is 5.73 Å². The second-order valence-electron chi connectivity index (χ2n) is 4.51. The molecular formula is C14H19N3. The van der Waals surface area contributed by atoms with Gasteiger partial charge in [0, 0.05) is 12.6 Å². The average Bonchev–Trinajstić information content (AvgIpc) is 2.64. The molecule has 0 saturated carbocycles. The first-order chi connectivity index (χ1) is 8.04. The topological polar surface area (TPSA) is 43.8 Å². The van der Waals surface area contributed by atoms with Crippen LogP contribution in [0.25, 0.3) is 11.1 Å². The Labute approximate surface area is 102 Å². The summed E-state index contributed by atoms with van der Waals surface area (Å²) in [6, 6.07) is 4.46. The predicted molar refractivity (Wildman–Crippen MR) is 71.9 cm³/mol. The maximum absolute atomic E-state index is 6.05. The largest absolute Gasteiger partial charge is 0.383 e. The van der Waals surface area contributed by atoms with Crippen LogP contribution in [-0.4, -0.2) is 9.78 Å². The van der Waals surface area contributed by atoms with E-state index in [2.05, 4.69) is 38.0 Å². The van der Waals surface area contributed by atoms with Crippen molar-refractivity contribution in [1.29, 1.82) is 0 Å². The number of hydrogen-bond donors (Lipinski definition) is 1. The lowest BCUT2D eigenvalue weighted by molar-refractivity contribution is 0.779. The van der Waals surface area contributed by atoms with Crippen molar-refractivity contribution in [2.45, 2.75) is 27.2 Å². The number of nitrogen functional groups attached to an aromatic ring is 1. The van der Waals surface area contributed by atoms with Crippen molar-refractivity contribution >= 4 is 5.82 Å². The summed E-state index contributed by atoms with van der Waals surface area (Å²) in [5.74, 6) is 0.723. The molecule has 1 heterocycles. The van der Waals surface area contributed by atoms with Crippen LogP contribution >= 0.6 is 0 Å². The fraction of sp³-hybridized carbons (Fsp3) is 0.357. The van der Waals surface area contributed by atoms with Crippen molar-refractivity contribution in [3.63, 3.8) is 0 Å². The van der Waals surface area contributed by atoms with Crippen LogP contribution in [0.5, 0.6) is 0 Å². The summed E-state index contributed by atoms with van der Waals surface area (Å²) in [6.07, 6.45) is 2.88. The number of hydrogen-bond acceptors (Lipinski definition) is 2. The monoisotopic (exact) mass is 229 g/mol. The lowest BCUT2D eigenvalue weighted by atomic mass is 9.95. The van der Waals surface area contributed by atoms with Crippen molar-refractivity contribution < 1.29 is 0 Å². The van der Waals surface area contributed by atoms with Gasteiger partial charge in [-0.2, -0.15) is 5.10 Å². The molecule has 3 nitrogen and oxygen atoms in total. The minimum absolute atomic E-state index is 0.723. The second-order valence-corrected chi connectivity index (χ2v) is 4.51. The predicted octanol–water partition coefficient (Wildman–Crippen LogP) is 2.85. The number of anilines is 1. The Morgan fingerprint density at radius 1 is 1.24 bits per heavy atom. The van der Waals surface area contributed by atoms with Crippen molar-refractivity contribution in [3.8, 4) is 11.1 Å². The number of benzene rings is 1. The molecule has 1 aromatic heterocycles. The quantitative estimate of drug-likeness (QED) is 0.860. The third kappa shape index (κ3) is 1.93. The Hall–Kier alpha value is -1.77. The smallest absolute Gasteiger partial charge is 0.129 e. The van der Waals surface area contributed by atoms with E-state index < -0.39 is 0 Å². The van der Waals surface area contributed by atoms with E-state index in [9.17, 15) is 0 Å². The third-order valence-corrected chi connectivity index (χ3v) is 3.41. The van der Waals surface area contributed by atoms with Crippen LogP contribution in [0.2, 0.25) is 0 Å². The van der Waals surface area contributed by atoms with Crippen molar-refractivity contribution in [1.82, 2.24) is 9.78 Å². The first kappa shape index (κ1) is 11.7. The SMILES string of the molecule is CCc1cc(C)c(C)c(-c2cnn(C)c2N)c1. The molecule has 0 fully saturated rings. The van der Waals surface area contributed by atoms with Gasteiger partial charge in [-0.05, 0) is 42.5 Å². The average molecular weight is 229 g/mol. The van der Waals surface area contributed by atoms with E-state index in [1.165, 1.54) is 22.3 Å². The number of aryl methyl sites for hydroxylation is 3. The van der Waals surface area contributed by atoms with Crippen LogP contribution in [0.1, 0.15) is 23.6 Å². The third-order valence-electron chi connectivity index (χ3n) is 3.41.